The van der Waals surface area contributed by atoms with Crippen LogP contribution in [0.4, 0.5) is 10.6 Å². The molecule has 2 heterocycles. The fraction of sp³-hybridized carbons (Fsp3) is 0.462. The van der Waals surface area contributed by atoms with Gasteiger partial charge in [-0.05, 0) is 12.1 Å². The summed E-state index contributed by atoms with van der Waals surface area (Å²) in [6.07, 6.45) is 1.58. The second kappa shape index (κ2) is 5.57. The van der Waals surface area contributed by atoms with Crippen molar-refractivity contribution in [2.24, 2.45) is 0 Å². The molecular weight excluding hydrogens is 242 g/mol. The van der Waals surface area contributed by atoms with E-state index in [0.29, 0.717) is 18.7 Å². The number of hydrogen-bond acceptors (Lipinski definition) is 4. The number of hydrogen-bond donors (Lipinski definition) is 0. The van der Waals surface area contributed by atoms with E-state index in [0.717, 1.165) is 18.9 Å². The van der Waals surface area contributed by atoms with E-state index in [1.165, 1.54) is 0 Å². The van der Waals surface area contributed by atoms with Gasteiger partial charge in [0.25, 0.3) is 0 Å². The Morgan fingerprint density at radius 3 is 2.47 bits per heavy atom. The molecule has 1 aromatic rings. The van der Waals surface area contributed by atoms with Gasteiger partial charge in [-0.2, -0.15) is 5.26 Å². The largest absolute Gasteiger partial charge is 0.353 e. The highest BCUT2D eigenvalue weighted by atomic mass is 16.2. The molecule has 100 valence electrons. The van der Waals surface area contributed by atoms with Crippen molar-refractivity contribution in [3.63, 3.8) is 0 Å². The molecular formula is C13H17N5O. The third kappa shape index (κ3) is 2.94. The molecule has 0 aliphatic carbocycles. The zero-order chi connectivity index (χ0) is 13.8. The molecule has 1 fully saturated rings. The summed E-state index contributed by atoms with van der Waals surface area (Å²) in [7, 11) is 3.52. The molecule has 1 aromatic heterocycles. The molecule has 0 saturated carbocycles. The number of nitrogens with zero attached hydrogens (tertiary/aromatic N) is 5. The maximum absolute atomic E-state index is 11.8. The molecule has 0 radical (unpaired) electrons. The molecule has 0 aromatic carbocycles. The standard InChI is InChI=1S/C13H17N5O/c1-16(2)13(19)18-7-5-17(6-8-18)12-4-3-11(9-14)10-15-12/h3-4,10H,5-8H2,1-2H3. The van der Waals surface area contributed by atoms with Gasteiger partial charge in [0, 0.05) is 46.5 Å². The second-order valence-electron chi connectivity index (χ2n) is 4.67. The first-order chi connectivity index (χ1) is 9.11. The number of rotatable bonds is 1. The van der Waals surface area contributed by atoms with Crippen molar-refractivity contribution in [1.29, 1.82) is 5.26 Å². The fourth-order valence-corrected chi connectivity index (χ4v) is 2.05. The molecule has 6 nitrogen and oxygen atoms in total. The van der Waals surface area contributed by atoms with Crippen LogP contribution in [0.3, 0.4) is 0 Å². The van der Waals surface area contributed by atoms with Gasteiger partial charge in [-0.3, -0.25) is 0 Å². The third-order valence-electron chi connectivity index (χ3n) is 3.13. The van der Waals surface area contributed by atoms with Crippen LogP contribution in [0.5, 0.6) is 0 Å². The third-order valence-corrected chi connectivity index (χ3v) is 3.13. The van der Waals surface area contributed by atoms with E-state index in [4.69, 9.17) is 5.26 Å². The van der Waals surface area contributed by atoms with Crippen molar-refractivity contribution < 1.29 is 4.79 Å². The Kier molecular flexibility index (Phi) is 3.85. The Hall–Kier alpha value is -2.29. The first kappa shape index (κ1) is 13.1. The number of urea groups is 1. The van der Waals surface area contributed by atoms with Gasteiger partial charge < -0.3 is 14.7 Å². The smallest absolute Gasteiger partial charge is 0.319 e. The average molecular weight is 259 g/mol. The quantitative estimate of drug-likeness (QED) is 0.747. The Balaban J connectivity index is 1.96. The van der Waals surface area contributed by atoms with E-state index in [1.54, 1.807) is 31.3 Å². The van der Waals surface area contributed by atoms with Crippen molar-refractivity contribution in [2.75, 3.05) is 45.2 Å². The molecule has 2 rings (SSSR count). The zero-order valence-corrected chi connectivity index (χ0v) is 11.2. The number of aromatic nitrogens is 1. The number of nitriles is 1. The molecule has 2 amide bonds. The zero-order valence-electron chi connectivity index (χ0n) is 11.2. The van der Waals surface area contributed by atoms with Gasteiger partial charge in [0.2, 0.25) is 0 Å². The maximum Gasteiger partial charge on any atom is 0.319 e. The van der Waals surface area contributed by atoms with Crippen molar-refractivity contribution in [3.8, 4) is 6.07 Å². The van der Waals surface area contributed by atoms with Crippen LogP contribution in [-0.2, 0) is 0 Å². The minimum Gasteiger partial charge on any atom is -0.353 e. The van der Waals surface area contributed by atoms with E-state index in [9.17, 15) is 4.79 Å². The van der Waals surface area contributed by atoms with Crippen molar-refractivity contribution in [1.82, 2.24) is 14.8 Å². The lowest BCUT2D eigenvalue weighted by molar-refractivity contribution is 0.168. The Morgan fingerprint density at radius 2 is 2.00 bits per heavy atom. The number of carbonyl (C=O) groups is 1. The predicted octanol–water partition coefficient (Wildman–Crippen LogP) is 0.757. The summed E-state index contributed by atoms with van der Waals surface area (Å²) < 4.78 is 0. The van der Waals surface area contributed by atoms with Gasteiger partial charge in [0.05, 0.1) is 5.56 Å². The fourth-order valence-electron chi connectivity index (χ4n) is 2.05. The number of pyridine rings is 1. The van der Waals surface area contributed by atoms with Crippen molar-refractivity contribution >= 4 is 11.8 Å². The molecule has 0 atom stereocenters. The van der Waals surface area contributed by atoms with Crippen LogP contribution in [0.1, 0.15) is 5.56 Å². The van der Waals surface area contributed by atoms with E-state index < -0.39 is 0 Å². The maximum atomic E-state index is 11.8. The predicted molar refractivity (Wildman–Crippen MR) is 71.8 cm³/mol. The summed E-state index contributed by atoms with van der Waals surface area (Å²) in [5, 5.41) is 8.73. The van der Waals surface area contributed by atoms with Gasteiger partial charge in [-0.15, -0.1) is 0 Å². The highest BCUT2D eigenvalue weighted by molar-refractivity contribution is 5.74. The normalized spacial score (nSPS) is 15.0. The van der Waals surface area contributed by atoms with Crippen LogP contribution >= 0.6 is 0 Å². The van der Waals surface area contributed by atoms with Crippen LogP contribution in [-0.4, -0.2) is 61.1 Å². The van der Waals surface area contributed by atoms with Gasteiger partial charge in [-0.25, -0.2) is 9.78 Å². The molecule has 0 spiro atoms. The van der Waals surface area contributed by atoms with Crippen molar-refractivity contribution in [3.05, 3.63) is 23.9 Å². The molecule has 19 heavy (non-hydrogen) atoms. The summed E-state index contributed by atoms with van der Waals surface area (Å²) in [4.78, 5) is 21.6. The van der Waals surface area contributed by atoms with E-state index in [-0.39, 0.29) is 6.03 Å². The molecule has 1 saturated heterocycles. The summed E-state index contributed by atoms with van der Waals surface area (Å²) in [5.74, 6) is 0.857. The minimum atomic E-state index is 0.0486. The van der Waals surface area contributed by atoms with Crippen LogP contribution in [0.2, 0.25) is 0 Å². The van der Waals surface area contributed by atoms with Crippen LogP contribution < -0.4 is 4.90 Å². The van der Waals surface area contributed by atoms with Gasteiger partial charge in [0.1, 0.15) is 11.9 Å². The lowest BCUT2D eigenvalue weighted by atomic mass is 10.2. The van der Waals surface area contributed by atoms with E-state index in [2.05, 4.69) is 16.0 Å². The lowest BCUT2D eigenvalue weighted by Crippen LogP contribution is -2.51. The summed E-state index contributed by atoms with van der Waals surface area (Å²) in [6, 6.07) is 5.71. The van der Waals surface area contributed by atoms with Crippen LogP contribution in [0.15, 0.2) is 18.3 Å². The van der Waals surface area contributed by atoms with E-state index in [1.807, 2.05) is 11.0 Å². The van der Waals surface area contributed by atoms with Gasteiger partial charge in [-0.1, -0.05) is 0 Å². The van der Waals surface area contributed by atoms with E-state index >= 15 is 0 Å². The summed E-state index contributed by atoms with van der Waals surface area (Å²) in [6.45, 7) is 2.91. The molecule has 6 heteroatoms. The Labute approximate surface area is 112 Å². The van der Waals surface area contributed by atoms with Gasteiger partial charge in [0.15, 0.2) is 0 Å². The Morgan fingerprint density at radius 1 is 1.32 bits per heavy atom. The monoisotopic (exact) mass is 259 g/mol. The lowest BCUT2D eigenvalue weighted by Gasteiger charge is -2.36. The number of amides is 2. The Bertz CT molecular complexity index is 483. The molecule has 0 unspecified atom stereocenters. The van der Waals surface area contributed by atoms with Crippen LogP contribution in [0, 0.1) is 11.3 Å². The summed E-state index contributed by atoms with van der Waals surface area (Å²) >= 11 is 0. The number of anilines is 1. The molecule has 0 N–H and O–H groups in total. The number of carbonyl (C=O) groups excluding carboxylic acids is 1. The first-order valence-corrected chi connectivity index (χ1v) is 6.19. The molecule has 0 bridgehead atoms. The molecule has 1 aliphatic rings. The van der Waals surface area contributed by atoms with Gasteiger partial charge >= 0.3 is 6.03 Å². The number of piperazine rings is 1. The highest BCUT2D eigenvalue weighted by Crippen LogP contribution is 2.14. The SMILES string of the molecule is CN(C)C(=O)N1CCN(c2ccc(C#N)cn2)CC1. The minimum absolute atomic E-state index is 0.0486. The van der Waals surface area contributed by atoms with Crippen molar-refractivity contribution in [2.45, 2.75) is 0 Å². The average Bonchev–Trinajstić information content (AvgIpc) is 2.46. The second-order valence-corrected chi connectivity index (χ2v) is 4.67. The topological polar surface area (TPSA) is 63.5 Å². The summed E-state index contributed by atoms with van der Waals surface area (Å²) in [5.41, 5.74) is 0.560. The van der Waals surface area contributed by atoms with Crippen LogP contribution in [0.25, 0.3) is 0 Å². The highest BCUT2D eigenvalue weighted by Gasteiger charge is 2.22. The molecule has 1 aliphatic heterocycles. The first-order valence-electron chi connectivity index (χ1n) is 6.19.